The van der Waals surface area contributed by atoms with Crippen LogP contribution in [0.15, 0.2) is 46.1 Å². The number of aliphatic hydroxyl groups is 1. The number of ether oxygens (including phenoxy) is 2. The van der Waals surface area contributed by atoms with Gasteiger partial charge in [-0.15, -0.1) is 0 Å². The molecule has 1 aliphatic rings. The van der Waals surface area contributed by atoms with Crippen LogP contribution in [0.4, 0.5) is 0 Å². The molecule has 1 aromatic heterocycles. The Morgan fingerprint density at radius 3 is 2.57 bits per heavy atom. The van der Waals surface area contributed by atoms with Crippen LogP contribution in [0, 0.1) is 6.92 Å². The lowest BCUT2D eigenvalue weighted by Gasteiger charge is -2.26. The summed E-state index contributed by atoms with van der Waals surface area (Å²) in [7, 11) is 2.89. The van der Waals surface area contributed by atoms with Crippen molar-refractivity contribution in [3.05, 3.63) is 58.7 Å². The first-order chi connectivity index (χ1) is 13.4. The van der Waals surface area contributed by atoms with Crippen molar-refractivity contribution >= 4 is 11.7 Å². The molecule has 0 saturated heterocycles. The van der Waals surface area contributed by atoms with Crippen LogP contribution in [0.2, 0.25) is 0 Å². The van der Waals surface area contributed by atoms with E-state index in [2.05, 4.69) is 0 Å². The topological polar surface area (TPSA) is 109 Å². The summed E-state index contributed by atoms with van der Waals surface area (Å²) < 4.78 is 15.6. The van der Waals surface area contributed by atoms with Crippen LogP contribution >= 0.6 is 0 Å². The molecule has 3 rings (SSSR count). The number of rotatable bonds is 7. The molecule has 0 saturated carbocycles. The summed E-state index contributed by atoms with van der Waals surface area (Å²) in [6.45, 7) is 2.06. The monoisotopic (exact) mass is 387 g/mol. The molecular formula is C20H21NO7. The second-order valence-electron chi connectivity index (χ2n) is 6.33. The van der Waals surface area contributed by atoms with Gasteiger partial charge in [-0.3, -0.25) is 9.59 Å². The SMILES string of the molecule is COCCN1C(=O)C(O)=C(C(=O)c2ccc(C)o2)C1c1ccc(O)c(OC)c1. The molecule has 0 bridgehead atoms. The van der Waals surface area contributed by atoms with Gasteiger partial charge in [0, 0.05) is 13.7 Å². The average molecular weight is 387 g/mol. The molecule has 2 aromatic rings. The molecule has 148 valence electrons. The number of nitrogens with zero attached hydrogens (tertiary/aromatic N) is 1. The summed E-state index contributed by atoms with van der Waals surface area (Å²) in [6, 6.07) is 6.73. The number of ketones is 1. The lowest BCUT2D eigenvalue weighted by atomic mass is 9.94. The summed E-state index contributed by atoms with van der Waals surface area (Å²) >= 11 is 0. The third-order valence-corrected chi connectivity index (χ3v) is 4.57. The minimum absolute atomic E-state index is 0.0242. The standard InChI is InChI=1S/C20H21NO7/c1-11-4-7-14(28-11)18(23)16-17(12-5-6-13(22)15(10-12)27-3)21(8-9-26-2)20(25)19(16)24/h4-7,10,17,22,24H,8-9H2,1-3H3. The van der Waals surface area contributed by atoms with Crippen LogP contribution in [-0.2, 0) is 9.53 Å². The van der Waals surface area contributed by atoms with Crippen molar-refractivity contribution in [3.8, 4) is 11.5 Å². The number of carbonyl (C=O) groups is 2. The van der Waals surface area contributed by atoms with Crippen LogP contribution in [0.5, 0.6) is 11.5 Å². The second kappa shape index (κ2) is 7.77. The summed E-state index contributed by atoms with van der Waals surface area (Å²) in [5.41, 5.74) is 0.401. The normalized spacial score (nSPS) is 16.8. The Bertz CT molecular complexity index is 944. The summed E-state index contributed by atoms with van der Waals surface area (Å²) in [6.07, 6.45) is 0. The molecule has 0 radical (unpaired) electrons. The Morgan fingerprint density at radius 1 is 1.21 bits per heavy atom. The van der Waals surface area contributed by atoms with Gasteiger partial charge in [-0.05, 0) is 36.8 Å². The predicted octanol–water partition coefficient (Wildman–Crippen LogP) is 2.53. The Kier molecular flexibility index (Phi) is 5.41. The molecule has 8 nitrogen and oxygen atoms in total. The quantitative estimate of drug-likeness (QED) is 0.703. The number of methoxy groups -OCH3 is 2. The number of Topliss-reactive ketones (excluding diaryl/α,β-unsaturated/α-hetero) is 1. The van der Waals surface area contributed by atoms with Crippen LogP contribution < -0.4 is 4.74 Å². The fourth-order valence-corrected chi connectivity index (χ4v) is 3.21. The number of aromatic hydroxyl groups is 1. The highest BCUT2D eigenvalue weighted by Gasteiger charge is 2.44. The van der Waals surface area contributed by atoms with Gasteiger partial charge in [0.1, 0.15) is 5.76 Å². The number of furan rings is 1. The van der Waals surface area contributed by atoms with E-state index in [-0.39, 0.29) is 36.0 Å². The van der Waals surface area contributed by atoms with Gasteiger partial charge in [-0.2, -0.15) is 0 Å². The van der Waals surface area contributed by atoms with E-state index in [0.29, 0.717) is 11.3 Å². The van der Waals surface area contributed by atoms with Crippen molar-refractivity contribution in [2.24, 2.45) is 0 Å². The largest absolute Gasteiger partial charge is 0.504 e. The lowest BCUT2D eigenvalue weighted by Crippen LogP contribution is -2.34. The Balaban J connectivity index is 2.11. The van der Waals surface area contributed by atoms with Gasteiger partial charge in [0.05, 0.1) is 25.3 Å². The molecule has 8 heteroatoms. The van der Waals surface area contributed by atoms with E-state index in [1.54, 1.807) is 19.1 Å². The Labute approximate surface area is 161 Å². The molecular weight excluding hydrogens is 366 g/mol. The highest BCUT2D eigenvalue weighted by molar-refractivity contribution is 6.15. The smallest absolute Gasteiger partial charge is 0.290 e. The minimum Gasteiger partial charge on any atom is -0.504 e. The van der Waals surface area contributed by atoms with Gasteiger partial charge in [-0.1, -0.05) is 6.07 Å². The first kappa shape index (κ1) is 19.5. The first-order valence-electron chi connectivity index (χ1n) is 8.60. The average Bonchev–Trinajstić information content (AvgIpc) is 3.22. The van der Waals surface area contributed by atoms with Crippen LogP contribution in [0.3, 0.4) is 0 Å². The maximum absolute atomic E-state index is 13.0. The van der Waals surface area contributed by atoms with Crippen LogP contribution in [0.25, 0.3) is 0 Å². The predicted molar refractivity (Wildman–Crippen MR) is 98.4 cm³/mol. The molecule has 0 fully saturated rings. The number of amides is 1. The van der Waals surface area contributed by atoms with E-state index in [0.717, 1.165) is 0 Å². The number of phenolic OH excluding ortho intramolecular Hbond substituents is 1. The number of aliphatic hydroxyl groups excluding tert-OH is 1. The first-order valence-corrected chi connectivity index (χ1v) is 8.60. The van der Waals surface area contributed by atoms with Crippen molar-refractivity contribution in [3.63, 3.8) is 0 Å². The lowest BCUT2D eigenvalue weighted by molar-refractivity contribution is -0.130. The number of hydrogen-bond acceptors (Lipinski definition) is 7. The number of phenols is 1. The van der Waals surface area contributed by atoms with Crippen molar-refractivity contribution in [2.75, 3.05) is 27.4 Å². The van der Waals surface area contributed by atoms with E-state index < -0.39 is 23.5 Å². The van der Waals surface area contributed by atoms with Crippen molar-refractivity contribution < 1.29 is 33.7 Å². The van der Waals surface area contributed by atoms with Crippen LogP contribution in [0.1, 0.15) is 27.9 Å². The van der Waals surface area contributed by atoms with Crippen molar-refractivity contribution in [1.82, 2.24) is 4.90 Å². The maximum atomic E-state index is 13.0. The van der Waals surface area contributed by atoms with Gasteiger partial charge in [-0.25, -0.2) is 0 Å². The number of benzene rings is 1. The molecule has 1 unspecified atom stereocenters. The van der Waals surface area contributed by atoms with E-state index >= 15 is 0 Å². The third kappa shape index (κ3) is 3.34. The zero-order chi connectivity index (χ0) is 20.4. The van der Waals surface area contributed by atoms with Gasteiger partial charge in [0.25, 0.3) is 5.91 Å². The van der Waals surface area contributed by atoms with Crippen molar-refractivity contribution in [2.45, 2.75) is 13.0 Å². The van der Waals surface area contributed by atoms with E-state index in [1.807, 2.05) is 0 Å². The summed E-state index contributed by atoms with van der Waals surface area (Å²) in [5.74, 6) is -1.24. The minimum atomic E-state index is -0.880. The van der Waals surface area contributed by atoms with Gasteiger partial charge < -0.3 is 29.0 Å². The van der Waals surface area contributed by atoms with Crippen molar-refractivity contribution in [1.29, 1.82) is 0 Å². The van der Waals surface area contributed by atoms with E-state index in [1.165, 1.54) is 37.3 Å². The molecule has 1 amide bonds. The molecule has 2 N–H and O–H groups in total. The van der Waals surface area contributed by atoms with Crippen LogP contribution in [-0.4, -0.2) is 54.2 Å². The fourth-order valence-electron chi connectivity index (χ4n) is 3.21. The molecule has 2 heterocycles. The Hall–Kier alpha value is -3.26. The zero-order valence-corrected chi connectivity index (χ0v) is 15.8. The zero-order valence-electron chi connectivity index (χ0n) is 15.8. The molecule has 1 aromatic carbocycles. The molecule has 0 spiro atoms. The summed E-state index contributed by atoms with van der Waals surface area (Å²) in [4.78, 5) is 27.0. The highest BCUT2D eigenvalue weighted by Crippen LogP contribution is 2.41. The molecule has 0 aliphatic carbocycles. The van der Waals surface area contributed by atoms with E-state index in [9.17, 15) is 19.8 Å². The highest BCUT2D eigenvalue weighted by atomic mass is 16.5. The molecule has 28 heavy (non-hydrogen) atoms. The maximum Gasteiger partial charge on any atom is 0.290 e. The fraction of sp³-hybridized carbons (Fsp3) is 0.300. The summed E-state index contributed by atoms with van der Waals surface area (Å²) in [5, 5.41) is 20.4. The number of aryl methyl sites for hydroxylation is 1. The van der Waals surface area contributed by atoms with Gasteiger partial charge >= 0.3 is 0 Å². The van der Waals surface area contributed by atoms with Gasteiger partial charge in [0.2, 0.25) is 5.78 Å². The number of hydrogen-bond donors (Lipinski definition) is 2. The molecule has 1 aliphatic heterocycles. The second-order valence-corrected chi connectivity index (χ2v) is 6.33. The number of carbonyl (C=O) groups excluding carboxylic acids is 2. The van der Waals surface area contributed by atoms with E-state index in [4.69, 9.17) is 13.9 Å². The van der Waals surface area contributed by atoms with Gasteiger partial charge in [0.15, 0.2) is 23.0 Å². The molecule has 1 atom stereocenters. The Morgan fingerprint density at radius 2 is 1.96 bits per heavy atom. The third-order valence-electron chi connectivity index (χ3n) is 4.57.